The van der Waals surface area contributed by atoms with Crippen LogP contribution in [0.2, 0.25) is 0 Å². The van der Waals surface area contributed by atoms with E-state index in [1.165, 1.54) is 12.1 Å². The minimum Gasteiger partial charge on any atom is -0.443 e. The largest absolute Gasteiger partial charge is 0.443 e. The molecule has 2 unspecified atom stereocenters. The van der Waals surface area contributed by atoms with Crippen molar-refractivity contribution in [1.82, 2.24) is 0 Å². The van der Waals surface area contributed by atoms with Gasteiger partial charge in [0.2, 0.25) is 0 Å². The first-order valence-corrected chi connectivity index (χ1v) is 11.0. The number of imide groups is 1. The maximum Gasteiger partial charge on any atom is 0.421 e. The van der Waals surface area contributed by atoms with E-state index < -0.39 is 34.9 Å². The molecule has 0 radical (unpaired) electrons. The summed E-state index contributed by atoms with van der Waals surface area (Å²) < 4.78 is 19.8. The second-order valence-corrected chi connectivity index (χ2v) is 9.29. The van der Waals surface area contributed by atoms with Gasteiger partial charge in [-0.2, -0.15) is 0 Å². The Morgan fingerprint density at radius 2 is 1.74 bits per heavy atom. The lowest BCUT2D eigenvalue weighted by atomic mass is 9.69. The van der Waals surface area contributed by atoms with Gasteiger partial charge in [0.05, 0.1) is 5.69 Å². The Hall–Kier alpha value is -4.00. The quantitative estimate of drug-likeness (QED) is 0.507. The van der Waals surface area contributed by atoms with E-state index in [1.807, 2.05) is 30.3 Å². The Morgan fingerprint density at radius 3 is 2.44 bits per heavy atom. The standard InChI is InChI=1S/C27H23FN2O4/c1-26(2,3)33-25(32)30-21-15-8-7-14-20(21)27(24(30)31)22(17-10-5-4-6-11-17)29-34-23(27)18-12-9-13-19(28)16-18/h4-16,23H,1-3H3. The van der Waals surface area contributed by atoms with Gasteiger partial charge in [0.1, 0.15) is 17.1 Å². The van der Waals surface area contributed by atoms with Gasteiger partial charge in [-0.05, 0) is 44.5 Å². The molecular formula is C27H23FN2O4. The predicted octanol–water partition coefficient (Wildman–Crippen LogP) is 5.52. The highest BCUT2D eigenvalue weighted by Gasteiger charge is 2.65. The molecule has 0 fully saturated rings. The topological polar surface area (TPSA) is 68.2 Å². The van der Waals surface area contributed by atoms with Crippen molar-refractivity contribution in [3.05, 3.63) is 101 Å². The number of rotatable bonds is 2. The first-order valence-electron chi connectivity index (χ1n) is 11.0. The number of ether oxygens (including phenoxy) is 1. The molecule has 5 rings (SSSR count). The van der Waals surface area contributed by atoms with Gasteiger partial charge in [-0.15, -0.1) is 0 Å². The van der Waals surface area contributed by atoms with Crippen molar-refractivity contribution in [3.8, 4) is 0 Å². The number of oxime groups is 1. The highest BCUT2D eigenvalue weighted by atomic mass is 19.1. The molecule has 3 aromatic carbocycles. The first-order chi connectivity index (χ1) is 16.2. The van der Waals surface area contributed by atoms with Gasteiger partial charge in [-0.1, -0.05) is 65.8 Å². The Labute approximate surface area is 196 Å². The molecule has 7 heteroatoms. The summed E-state index contributed by atoms with van der Waals surface area (Å²) in [5.41, 5.74) is 0.0534. The molecule has 2 aliphatic heterocycles. The monoisotopic (exact) mass is 458 g/mol. The third kappa shape index (κ3) is 3.27. The SMILES string of the molecule is CC(C)(C)OC(=O)N1C(=O)C2(C(c3ccccc3)=NOC2c2cccc(F)c2)c2ccccc21. The van der Waals surface area contributed by atoms with Gasteiger partial charge in [0.15, 0.2) is 11.5 Å². The molecule has 0 saturated heterocycles. The van der Waals surface area contributed by atoms with E-state index in [0.717, 1.165) is 4.90 Å². The summed E-state index contributed by atoms with van der Waals surface area (Å²) in [5.74, 6) is -1.02. The van der Waals surface area contributed by atoms with Gasteiger partial charge >= 0.3 is 6.09 Å². The number of hydrogen-bond donors (Lipinski definition) is 0. The van der Waals surface area contributed by atoms with Crippen LogP contribution in [0, 0.1) is 5.82 Å². The van der Waals surface area contributed by atoms with Crippen LogP contribution in [0.25, 0.3) is 0 Å². The van der Waals surface area contributed by atoms with Crippen LogP contribution in [0.4, 0.5) is 14.9 Å². The third-order valence-corrected chi connectivity index (χ3v) is 5.90. The lowest BCUT2D eigenvalue weighted by Gasteiger charge is -2.30. The molecule has 0 saturated carbocycles. The number of nitrogens with zero attached hydrogens (tertiary/aromatic N) is 2. The fourth-order valence-electron chi connectivity index (χ4n) is 4.61. The van der Waals surface area contributed by atoms with E-state index in [1.54, 1.807) is 57.2 Å². The highest BCUT2D eigenvalue weighted by Crippen LogP contribution is 2.55. The average Bonchev–Trinajstić information content (AvgIpc) is 3.31. The van der Waals surface area contributed by atoms with Crippen molar-refractivity contribution in [2.75, 3.05) is 4.90 Å². The van der Waals surface area contributed by atoms with Crippen molar-refractivity contribution in [1.29, 1.82) is 0 Å². The zero-order chi connectivity index (χ0) is 24.1. The lowest BCUT2D eigenvalue weighted by Crippen LogP contribution is -2.50. The van der Waals surface area contributed by atoms with Crippen molar-refractivity contribution in [2.24, 2.45) is 5.16 Å². The summed E-state index contributed by atoms with van der Waals surface area (Å²) >= 11 is 0. The molecule has 172 valence electrons. The number of halogens is 1. The summed E-state index contributed by atoms with van der Waals surface area (Å²) in [4.78, 5) is 34.5. The van der Waals surface area contributed by atoms with Crippen LogP contribution >= 0.6 is 0 Å². The van der Waals surface area contributed by atoms with Gasteiger partial charge in [0.25, 0.3) is 5.91 Å². The van der Waals surface area contributed by atoms with Crippen LogP contribution in [-0.4, -0.2) is 23.3 Å². The van der Waals surface area contributed by atoms with Crippen LogP contribution < -0.4 is 4.90 Å². The summed E-state index contributed by atoms with van der Waals surface area (Å²) in [7, 11) is 0. The molecule has 1 spiro atoms. The van der Waals surface area contributed by atoms with Gasteiger partial charge in [-0.3, -0.25) is 4.79 Å². The van der Waals surface area contributed by atoms with Gasteiger partial charge < -0.3 is 9.57 Å². The molecule has 0 N–H and O–H groups in total. The zero-order valence-electron chi connectivity index (χ0n) is 19.0. The number of para-hydroxylation sites is 1. The summed E-state index contributed by atoms with van der Waals surface area (Å²) in [6.45, 7) is 5.20. The molecule has 6 nitrogen and oxygen atoms in total. The Bertz CT molecular complexity index is 1320. The maximum atomic E-state index is 14.3. The van der Waals surface area contributed by atoms with E-state index in [0.29, 0.717) is 28.1 Å². The Balaban J connectivity index is 1.76. The number of carbonyl (C=O) groups is 2. The van der Waals surface area contributed by atoms with E-state index in [9.17, 15) is 14.0 Å². The molecule has 2 amide bonds. The highest BCUT2D eigenvalue weighted by molar-refractivity contribution is 6.34. The fourth-order valence-corrected chi connectivity index (χ4v) is 4.61. The second kappa shape index (κ2) is 7.80. The molecular weight excluding hydrogens is 435 g/mol. The molecule has 2 heterocycles. The summed E-state index contributed by atoms with van der Waals surface area (Å²) in [5, 5.41) is 4.34. The van der Waals surface area contributed by atoms with Crippen molar-refractivity contribution >= 4 is 23.4 Å². The summed E-state index contributed by atoms with van der Waals surface area (Å²) in [6, 6.07) is 22.0. The molecule has 34 heavy (non-hydrogen) atoms. The van der Waals surface area contributed by atoms with E-state index in [2.05, 4.69) is 5.16 Å². The number of carbonyl (C=O) groups excluding carboxylic acids is 2. The lowest BCUT2D eigenvalue weighted by molar-refractivity contribution is -0.124. The molecule has 0 bridgehead atoms. The van der Waals surface area contributed by atoms with Crippen LogP contribution in [0.5, 0.6) is 0 Å². The number of benzene rings is 3. The normalized spacial score (nSPS) is 21.3. The average molecular weight is 458 g/mol. The number of fused-ring (bicyclic) bond motifs is 2. The first kappa shape index (κ1) is 21.8. The van der Waals surface area contributed by atoms with Crippen LogP contribution in [0.1, 0.15) is 43.6 Å². The molecule has 0 aromatic heterocycles. The van der Waals surface area contributed by atoms with Crippen molar-refractivity contribution in [3.63, 3.8) is 0 Å². The van der Waals surface area contributed by atoms with Crippen molar-refractivity contribution < 1.29 is 23.6 Å². The molecule has 0 aliphatic carbocycles. The Kier molecular flexibility index (Phi) is 5.01. The molecule has 3 aromatic rings. The van der Waals surface area contributed by atoms with Crippen LogP contribution in [0.15, 0.2) is 84.0 Å². The molecule has 2 aliphatic rings. The van der Waals surface area contributed by atoms with Crippen molar-refractivity contribution in [2.45, 2.75) is 37.9 Å². The number of amides is 2. The van der Waals surface area contributed by atoms with Gasteiger partial charge in [0, 0.05) is 11.1 Å². The third-order valence-electron chi connectivity index (χ3n) is 5.90. The van der Waals surface area contributed by atoms with Crippen LogP contribution in [-0.2, 0) is 19.8 Å². The number of anilines is 1. The fraction of sp³-hybridized carbons (Fsp3) is 0.222. The van der Waals surface area contributed by atoms with E-state index in [-0.39, 0.29) is 0 Å². The maximum absolute atomic E-state index is 14.3. The minimum atomic E-state index is -1.51. The minimum absolute atomic E-state index is 0.353. The smallest absolute Gasteiger partial charge is 0.421 e. The predicted molar refractivity (Wildman–Crippen MR) is 125 cm³/mol. The van der Waals surface area contributed by atoms with E-state index in [4.69, 9.17) is 9.57 Å². The summed E-state index contributed by atoms with van der Waals surface area (Å²) in [6.07, 6.45) is -1.78. The van der Waals surface area contributed by atoms with E-state index >= 15 is 0 Å². The zero-order valence-corrected chi connectivity index (χ0v) is 19.0. The number of hydrogen-bond acceptors (Lipinski definition) is 5. The van der Waals surface area contributed by atoms with Gasteiger partial charge in [-0.25, -0.2) is 14.1 Å². The second-order valence-electron chi connectivity index (χ2n) is 9.29. The molecule has 2 atom stereocenters. The van der Waals surface area contributed by atoms with Crippen LogP contribution in [0.3, 0.4) is 0 Å². The Morgan fingerprint density at radius 1 is 1.03 bits per heavy atom.